The molecule has 6 heteroatoms. The van der Waals surface area contributed by atoms with Gasteiger partial charge in [-0.15, -0.1) is 0 Å². The van der Waals surface area contributed by atoms with Gasteiger partial charge < -0.3 is 14.4 Å². The van der Waals surface area contributed by atoms with Crippen molar-refractivity contribution in [3.63, 3.8) is 0 Å². The molecule has 160 valence electrons. The molecule has 0 saturated carbocycles. The van der Waals surface area contributed by atoms with Gasteiger partial charge in [0.2, 0.25) is 5.91 Å². The molecule has 1 aliphatic heterocycles. The molecule has 2 aromatic carbocycles. The lowest BCUT2D eigenvalue weighted by molar-refractivity contribution is -0.142. The SMILES string of the molecule is CCOC(=O)CN(C(=O)CN1CCC[C@H]1c1ccc(OCC)cc1)c1ccccc1. The fourth-order valence-corrected chi connectivity index (χ4v) is 3.87. The number of anilines is 1. The molecule has 0 aliphatic carbocycles. The van der Waals surface area contributed by atoms with Crippen LogP contribution >= 0.6 is 0 Å². The van der Waals surface area contributed by atoms with Gasteiger partial charge >= 0.3 is 5.97 Å². The van der Waals surface area contributed by atoms with Crippen LogP contribution in [0.3, 0.4) is 0 Å². The lowest BCUT2D eigenvalue weighted by Gasteiger charge is -2.28. The van der Waals surface area contributed by atoms with Crippen molar-refractivity contribution in [3.8, 4) is 5.75 Å². The molecule has 1 amide bonds. The molecule has 1 fully saturated rings. The fraction of sp³-hybridized carbons (Fsp3) is 0.417. The highest BCUT2D eigenvalue weighted by molar-refractivity contribution is 5.98. The number of esters is 1. The Kier molecular flexibility index (Phi) is 7.85. The van der Waals surface area contributed by atoms with Crippen LogP contribution in [-0.2, 0) is 14.3 Å². The number of hydrogen-bond acceptors (Lipinski definition) is 5. The van der Waals surface area contributed by atoms with Gasteiger partial charge in [0.25, 0.3) is 0 Å². The van der Waals surface area contributed by atoms with Crippen molar-refractivity contribution in [3.05, 3.63) is 60.2 Å². The monoisotopic (exact) mass is 410 g/mol. The number of likely N-dealkylation sites (tertiary alicyclic amines) is 1. The lowest BCUT2D eigenvalue weighted by Crippen LogP contribution is -2.43. The molecule has 0 unspecified atom stereocenters. The standard InChI is InChI=1S/C24H30N2O4/c1-3-29-21-14-12-19(13-15-21)22-11-8-16-25(22)17-23(27)26(18-24(28)30-4-2)20-9-6-5-7-10-20/h5-7,9-10,12-15,22H,3-4,8,11,16-18H2,1-2H3/t22-/m0/s1. The van der Waals surface area contributed by atoms with Crippen molar-refractivity contribution >= 4 is 17.6 Å². The van der Waals surface area contributed by atoms with Gasteiger partial charge in [-0.05, 0) is 63.1 Å². The molecule has 2 aromatic rings. The van der Waals surface area contributed by atoms with Crippen molar-refractivity contribution in [2.75, 3.05) is 37.7 Å². The molecule has 0 radical (unpaired) electrons. The van der Waals surface area contributed by atoms with E-state index in [2.05, 4.69) is 17.0 Å². The Hall–Kier alpha value is -2.86. The molecule has 0 spiro atoms. The van der Waals surface area contributed by atoms with Gasteiger partial charge in [-0.2, -0.15) is 0 Å². The maximum atomic E-state index is 13.2. The molecule has 1 saturated heterocycles. The predicted octanol–water partition coefficient (Wildman–Crippen LogP) is 3.82. The fourth-order valence-electron chi connectivity index (χ4n) is 3.87. The Balaban J connectivity index is 1.72. The van der Waals surface area contributed by atoms with Crippen LogP contribution in [0.25, 0.3) is 0 Å². The van der Waals surface area contributed by atoms with Crippen LogP contribution in [0.4, 0.5) is 5.69 Å². The summed E-state index contributed by atoms with van der Waals surface area (Å²) in [5.41, 5.74) is 1.88. The second-order valence-corrected chi connectivity index (χ2v) is 7.25. The zero-order valence-electron chi connectivity index (χ0n) is 17.8. The van der Waals surface area contributed by atoms with Gasteiger partial charge in [-0.1, -0.05) is 30.3 Å². The average Bonchev–Trinajstić information content (AvgIpc) is 3.21. The summed E-state index contributed by atoms with van der Waals surface area (Å²) < 4.78 is 10.6. The number of nitrogens with zero attached hydrogens (tertiary/aromatic N) is 2. The van der Waals surface area contributed by atoms with Gasteiger partial charge in [-0.25, -0.2) is 0 Å². The summed E-state index contributed by atoms with van der Waals surface area (Å²) in [6.45, 7) is 5.68. The number of ether oxygens (including phenoxy) is 2. The maximum absolute atomic E-state index is 13.2. The zero-order chi connectivity index (χ0) is 21.3. The minimum absolute atomic E-state index is 0.0851. The molecule has 1 atom stereocenters. The van der Waals surface area contributed by atoms with E-state index in [9.17, 15) is 9.59 Å². The lowest BCUT2D eigenvalue weighted by atomic mass is 10.0. The van der Waals surface area contributed by atoms with E-state index in [1.54, 1.807) is 6.92 Å². The smallest absolute Gasteiger partial charge is 0.326 e. The van der Waals surface area contributed by atoms with E-state index in [0.29, 0.717) is 18.9 Å². The molecular weight excluding hydrogens is 380 g/mol. The Morgan fingerprint density at radius 3 is 2.43 bits per heavy atom. The topological polar surface area (TPSA) is 59.1 Å². The number of benzene rings is 2. The molecule has 1 heterocycles. The highest BCUT2D eigenvalue weighted by Crippen LogP contribution is 2.32. The second-order valence-electron chi connectivity index (χ2n) is 7.25. The second kappa shape index (κ2) is 10.8. The normalized spacial score (nSPS) is 16.3. The Bertz CT molecular complexity index is 823. The first kappa shape index (κ1) is 21.8. The minimum Gasteiger partial charge on any atom is -0.494 e. The van der Waals surface area contributed by atoms with Gasteiger partial charge in [0.15, 0.2) is 0 Å². The number of para-hydroxylation sites is 1. The van der Waals surface area contributed by atoms with Crippen LogP contribution in [0.15, 0.2) is 54.6 Å². The molecule has 3 rings (SSSR count). The molecule has 1 aliphatic rings. The molecule has 6 nitrogen and oxygen atoms in total. The number of carbonyl (C=O) groups is 2. The van der Waals surface area contributed by atoms with Crippen molar-refractivity contribution in [2.24, 2.45) is 0 Å². The average molecular weight is 411 g/mol. The largest absolute Gasteiger partial charge is 0.494 e. The van der Waals surface area contributed by atoms with Crippen molar-refractivity contribution in [2.45, 2.75) is 32.7 Å². The van der Waals surface area contributed by atoms with Gasteiger partial charge in [0.05, 0.1) is 19.8 Å². The van der Waals surface area contributed by atoms with Crippen LogP contribution in [0.2, 0.25) is 0 Å². The molecular formula is C24H30N2O4. The number of hydrogen-bond donors (Lipinski definition) is 0. The first-order valence-corrected chi connectivity index (χ1v) is 10.6. The summed E-state index contributed by atoms with van der Waals surface area (Å²) in [6.07, 6.45) is 2.04. The van der Waals surface area contributed by atoms with E-state index >= 15 is 0 Å². The highest BCUT2D eigenvalue weighted by atomic mass is 16.5. The number of amides is 1. The first-order chi connectivity index (χ1) is 14.6. The van der Waals surface area contributed by atoms with Crippen LogP contribution in [0, 0.1) is 0 Å². The summed E-state index contributed by atoms with van der Waals surface area (Å²) in [5, 5.41) is 0. The highest BCUT2D eigenvalue weighted by Gasteiger charge is 2.30. The Morgan fingerprint density at radius 1 is 1.03 bits per heavy atom. The third-order valence-corrected chi connectivity index (χ3v) is 5.24. The van der Waals surface area contributed by atoms with Gasteiger partial charge in [-0.3, -0.25) is 14.5 Å². The van der Waals surface area contributed by atoms with Gasteiger partial charge in [0, 0.05) is 11.7 Å². The third-order valence-electron chi connectivity index (χ3n) is 5.24. The Labute approximate surface area is 178 Å². The van der Waals surface area contributed by atoms with Crippen LogP contribution in [0.5, 0.6) is 5.75 Å². The first-order valence-electron chi connectivity index (χ1n) is 10.6. The molecule has 30 heavy (non-hydrogen) atoms. The predicted molar refractivity (Wildman–Crippen MR) is 117 cm³/mol. The summed E-state index contributed by atoms with van der Waals surface area (Å²) in [5.74, 6) is 0.345. The van der Waals surface area contributed by atoms with Crippen LogP contribution < -0.4 is 9.64 Å². The van der Waals surface area contributed by atoms with E-state index in [4.69, 9.17) is 9.47 Å². The minimum atomic E-state index is -0.404. The quantitative estimate of drug-likeness (QED) is 0.588. The van der Waals surface area contributed by atoms with E-state index in [1.807, 2.05) is 49.4 Å². The van der Waals surface area contributed by atoms with Crippen molar-refractivity contribution < 1.29 is 19.1 Å². The van der Waals surface area contributed by atoms with E-state index in [0.717, 1.165) is 25.1 Å². The Morgan fingerprint density at radius 2 is 1.77 bits per heavy atom. The van der Waals surface area contributed by atoms with Crippen molar-refractivity contribution in [1.29, 1.82) is 0 Å². The number of rotatable bonds is 9. The van der Waals surface area contributed by atoms with E-state index < -0.39 is 5.97 Å². The molecule has 0 N–H and O–H groups in total. The van der Waals surface area contributed by atoms with Crippen LogP contribution in [-0.4, -0.2) is 49.6 Å². The maximum Gasteiger partial charge on any atom is 0.326 e. The van der Waals surface area contributed by atoms with Crippen LogP contribution in [0.1, 0.15) is 38.3 Å². The zero-order valence-corrected chi connectivity index (χ0v) is 17.8. The summed E-state index contributed by atoms with van der Waals surface area (Å²) in [7, 11) is 0. The third kappa shape index (κ3) is 5.60. The van der Waals surface area contributed by atoms with Crippen molar-refractivity contribution in [1.82, 2.24) is 4.90 Å². The van der Waals surface area contributed by atoms with E-state index in [1.165, 1.54) is 10.5 Å². The summed E-state index contributed by atoms with van der Waals surface area (Å²) in [4.78, 5) is 29.0. The van der Waals surface area contributed by atoms with E-state index in [-0.39, 0.29) is 25.0 Å². The summed E-state index contributed by atoms with van der Waals surface area (Å²) >= 11 is 0. The molecule has 0 bridgehead atoms. The van der Waals surface area contributed by atoms with Gasteiger partial charge in [0.1, 0.15) is 12.3 Å². The summed E-state index contributed by atoms with van der Waals surface area (Å²) in [6, 6.07) is 17.6. The molecule has 0 aromatic heterocycles. The number of carbonyl (C=O) groups excluding carboxylic acids is 2.